The standard InChI is InChI=1S/C23H24FN3O4/c1-13(2)17-10-18(15-4-6-16(24)7-5-15)25-19-11-20(31-21(17)19)22(28)27-9-8-26(23(29)30)12-14(27)3/h4-7,10-11,13-14H,8-9,12H2,1-3H3,(H,29,30)/t14-/m0/s1. The number of pyridine rings is 1. The van der Waals surface area contributed by atoms with Crippen molar-refractivity contribution in [2.75, 3.05) is 19.6 Å². The summed E-state index contributed by atoms with van der Waals surface area (Å²) in [5.41, 5.74) is 3.48. The second-order valence-corrected chi connectivity index (χ2v) is 8.16. The van der Waals surface area contributed by atoms with E-state index in [9.17, 15) is 19.1 Å². The van der Waals surface area contributed by atoms with Gasteiger partial charge >= 0.3 is 6.09 Å². The van der Waals surface area contributed by atoms with E-state index in [2.05, 4.69) is 4.98 Å². The van der Waals surface area contributed by atoms with E-state index in [1.165, 1.54) is 17.0 Å². The van der Waals surface area contributed by atoms with Crippen LogP contribution in [0, 0.1) is 5.82 Å². The zero-order valence-corrected chi connectivity index (χ0v) is 17.6. The molecule has 1 N–H and O–H groups in total. The molecule has 1 atom stereocenters. The predicted molar refractivity (Wildman–Crippen MR) is 114 cm³/mol. The van der Waals surface area contributed by atoms with Gasteiger partial charge in [-0.3, -0.25) is 4.79 Å². The second-order valence-electron chi connectivity index (χ2n) is 8.16. The molecule has 0 spiro atoms. The molecule has 1 aliphatic heterocycles. The summed E-state index contributed by atoms with van der Waals surface area (Å²) in [6, 6.07) is 9.39. The monoisotopic (exact) mass is 425 g/mol. The van der Waals surface area contributed by atoms with Gasteiger partial charge in [-0.2, -0.15) is 0 Å². The highest BCUT2D eigenvalue weighted by Gasteiger charge is 2.32. The van der Waals surface area contributed by atoms with Crippen LogP contribution in [-0.4, -0.2) is 57.6 Å². The molecule has 2 amide bonds. The topological polar surface area (TPSA) is 86.9 Å². The minimum Gasteiger partial charge on any atom is -0.465 e. The highest BCUT2D eigenvalue weighted by Crippen LogP contribution is 2.32. The van der Waals surface area contributed by atoms with Crippen LogP contribution in [0.2, 0.25) is 0 Å². The van der Waals surface area contributed by atoms with Gasteiger partial charge in [-0.05, 0) is 43.2 Å². The number of hydrogen-bond acceptors (Lipinski definition) is 4. The molecule has 3 aromatic rings. The SMILES string of the molecule is CC(C)c1cc(-c2ccc(F)cc2)nc2cc(C(=O)N3CCN(C(=O)O)C[C@@H]3C)oc12. The van der Waals surface area contributed by atoms with Crippen LogP contribution in [0.3, 0.4) is 0 Å². The molecular weight excluding hydrogens is 401 g/mol. The highest BCUT2D eigenvalue weighted by atomic mass is 19.1. The first kappa shape index (κ1) is 20.8. The van der Waals surface area contributed by atoms with Gasteiger partial charge in [-0.15, -0.1) is 0 Å². The minimum absolute atomic E-state index is 0.122. The number of amides is 2. The number of nitrogens with zero attached hydrogens (tertiary/aromatic N) is 3. The van der Waals surface area contributed by atoms with Crippen molar-refractivity contribution in [3.8, 4) is 11.3 Å². The lowest BCUT2D eigenvalue weighted by Crippen LogP contribution is -2.55. The number of aromatic nitrogens is 1. The Bertz CT molecular complexity index is 1140. The van der Waals surface area contributed by atoms with Crippen LogP contribution in [0.15, 0.2) is 40.8 Å². The Labute approximate surface area is 179 Å². The van der Waals surface area contributed by atoms with Crippen LogP contribution in [0.1, 0.15) is 42.8 Å². The van der Waals surface area contributed by atoms with Gasteiger partial charge in [0.15, 0.2) is 11.3 Å². The van der Waals surface area contributed by atoms with E-state index in [0.717, 1.165) is 11.1 Å². The average Bonchev–Trinajstić information content (AvgIpc) is 3.17. The van der Waals surface area contributed by atoms with Crippen molar-refractivity contribution in [2.24, 2.45) is 0 Å². The van der Waals surface area contributed by atoms with E-state index in [4.69, 9.17) is 4.42 Å². The normalized spacial score (nSPS) is 16.9. The summed E-state index contributed by atoms with van der Waals surface area (Å²) in [5, 5.41) is 9.19. The molecule has 31 heavy (non-hydrogen) atoms. The number of halogens is 1. The molecule has 1 saturated heterocycles. The number of rotatable bonds is 3. The Morgan fingerprint density at radius 1 is 1.19 bits per heavy atom. The Morgan fingerprint density at radius 2 is 1.90 bits per heavy atom. The molecule has 0 aliphatic carbocycles. The van der Waals surface area contributed by atoms with Crippen LogP contribution < -0.4 is 0 Å². The lowest BCUT2D eigenvalue weighted by molar-refractivity contribution is 0.0459. The van der Waals surface area contributed by atoms with Crippen molar-refractivity contribution in [3.05, 3.63) is 53.5 Å². The quantitative estimate of drug-likeness (QED) is 0.664. The van der Waals surface area contributed by atoms with Crippen molar-refractivity contribution in [3.63, 3.8) is 0 Å². The zero-order chi connectivity index (χ0) is 22.3. The molecule has 0 bridgehead atoms. The van der Waals surface area contributed by atoms with Gasteiger partial charge in [0.25, 0.3) is 5.91 Å². The summed E-state index contributed by atoms with van der Waals surface area (Å²) in [6.07, 6.45) is -0.984. The van der Waals surface area contributed by atoms with E-state index in [1.54, 1.807) is 23.1 Å². The van der Waals surface area contributed by atoms with Crippen molar-refractivity contribution >= 4 is 23.1 Å². The molecule has 0 saturated carbocycles. The molecule has 1 aromatic carbocycles. The Hall–Kier alpha value is -3.42. The van der Waals surface area contributed by atoms with Gasteiger partial charge in [-0.1, -0.05) is 13.8 Å². The van der Waals surface area contributed by atoms with E-state index < -0.39 is 6.09 Å². The van der Waals surface area contributed by atoms with Crippen LogP contribution >= 0.6 is 0 Å². The first-order chi connectivity index (χ1) is 14.7. The Kier molecular flexibility index (Phi) is 5.39. The second kappa shape index (κ2) is 8.02. The maximum Gasteiger partial charge on any atom is 0.407 e. The van der Waals surface area contributed by atoms with Crippen molar-refractivity contribution in [1.82, 2.24) is 14.8 Å². The molecule has 7 nitrogen and oxygen atoms in total. The number of furan rings is 1. The number of carbonyl (C=O) groups is 2. The number of benzene rings is 1. The maximum absolute atomic E-state index is 13.3. The van der Waals surface area contributed by atoms with Gasteiger partial charge < -0.3 is 19.3 Å². The van der Waals surface area contributed by atoms with Gasteiger partial charge in [0.05, 0.1) is 5.69 Å². The average molecular weight is 425 g/mol. The molecule has 0 unspecified atom stereocenters. The summed E-state index contributed by atoms with van der Waals surface area (Å²) in [6.45, 7) is 6.69. The van der Waals surface area contributed by atoms with E-state index >= 15 is 0 Å². The molecule has 2 aromatic heterocycles. The summed E-state index contributed by atoms with van der Waals surface area (Å²) in [7, 11) is 0. The first-order valence-electron chi connectivity index (χ1n) is 10.2. The van der Waals surface area contributed by atoms with Crippen molar-refractivity contribution in [1.29, 1.82) is 0 Å². The van der Waals surface area contributed by atoms with Gasteiger partial charge in [0.1, 0.15) is 11.3 Å². The van der Waals surface area contributed by atoms with Crippen LogP contribution in [0.5, 0.6) is 0 Å². The number of carbonyl (C=O) groups excluding carboxylic acids is 1. The van der Waals surface area contributed by atoms with Crippen LogP contribution in [-0.2, 0) is 0 Å². The van der Waals surface area contributed by atoms with Gasteiger partial charge in [0.2, 0.25) is 0 Å². The van der Waals surface area contributed by atoms with Crippen LogP contribution in [0.4, 0.5) is 9.18 Å². The molecule has 1 aliphatic rings. The van der Waals surface area contributed by atoms with Gasteiger partial charge in [-0.25, -0.2) is 14.2 Å². The summed E-state index contributed by atoms with van der Waals surface area (Å²) >= 11 is 0. The molecule has 4 rings (SSSR count). The molecule has 1 fully saturated rings. The largest absolute Gasteiger partial charge is 0.465 e. The third kappa shape index (κ3) is 3.97. The third-order valence-electron chi connectivity index (χ3n) is 5.64. The molecule has 0 radical (unpaired) electrons. The van der Waals surface area contributed by atoms with E-state index in [0.29, 0.717) is 23.3 Å². The number of hydrogen-bond donors (Lipinski definition) is 1. The number of fused-ring (bicyclic) bond motifs is 1. The smallest absolute Gasteiger partial charge is 0.407 e. The minimum atomic E-state index is -0.984. The fraction of sp³-hybridized carbons (Fsp3) is 0.348. The highest BCUT2D eigenvalue weighted by molar-refractivity contribution is 5.96. The van der Waals surface area contributed by atoms with E-state index in [-0.39, 0.29) is 42.5 Å². The number of carboxylic acid groups (broad SMARTS) is 1. The van der Waals surface area contributed by atoms with Gasteiger partial charge in [0, 0.05) is 42.9 Å². The van der Waals surface area contributed by atoms with Crippen molar-refractivity contribution < 1.29 is 23.5 Å². The first-order valence-corrected chi connectivity index (χ1v) is 10.2. The summed E-state index contributed by atoms with van der Waals surface area (Å²) in [4.78, 5) is 31.9. The Balaban J connectivity index is 1.70. The lowest BCUT2D eigenvalue weighted by Gasteiger charge is -2.38. The van der Waals surface area contributed by atoms with E-state index in [1.807, 2.05) is 26.8 Å². The Morgan fingerprint density at radius 3 is 2.52 bits per heavy atom. The molecule has 8 heteroatoms. The molecular formula is C23H24FN3O4. The zero-order valence-electron chi connectivity index (χ0n) is 17.6. The molecule has 3 heterocycles. The fourth-order valence-corrected chi connectivity index (χ4v) is 3.92. The summed E-state index contributed by atoms with van der Waals surface area (Å²) in [5.74, 6) is -0.302. The molecule has 162 valence electrons. The maximum atomic E-state index is 13.3. The van der Waals surface area contributed by atoms with Crippen molar-refractivity contribution in [2.45, 2.75) is 32.7 Å². The predicted octanol–water partition coefficient (Wildman–Crippen LogP) is 4.58. The lowest BCUT2D eigenvalue weighted by atomic mass is 10.00. The summed E-state index contributed by atoms with van der Waals surface area (Å²) < 4.78 is 19.3. The number of piperazine rings is 1. The van der Waals surface area contributed by atoms with Crippen LogP contribution in [0.25, 0.3) is 22.4 Å². The third-order valence-corrected chi connectivity index (χ3v) is 5.64. The fourth-order valence-electron chi connectivity index (χ4n) is 3.92.